The van der Waals surface area contributed by atoms with Crippen molar-refractivity contribution in [1.29, 1.82) is 0 Å². The summed E-state index contributed by atoms with van der Waals surface area (Å²) in [5.74, 6) is 1.48. The highest BCUT2D eigenvalue weighted by Gasteiger charge is 2.27. The van der Waals surface area contributed by atoms with E-state index in [0.29, 0.717) is 5.92 Å². The smallest absolute Gasteiger partial charge is 0.124 e. The number of hydrogen-bond donors (Lipinski definition) is 0. The number of likely N-dealkylation sites (tertiary alicyclic amines) is 1. The quantitative estimate of drug-likeness (QED) is 0.696. The molecule has 28 heavy (non-hydrogen) atoms. The highest BCUT2D eigenvalue weighted by molar-refractivity contribution is 5.86. The van der Waals surface area contributed by atoms with Crippen LogP contribution < -0.4 is 4.74 Å². The predicted molar refractivity (Wildman–Crippen MR) is 112 cm³/mol. The van der Waals surface area contributed by atoms with Crippen molar-refractivity contribution in [2.75, 3.05) is 39.5 Å². The van der Waals surface area contributed by atoms with Crippen molar-refractivity contribution in [1.82, 2.24) is 9.88 Å². The SMILES string of the molecule is Cc1cc2c3c(c(C4CCOC4)nc2cc1OCCCN1CCCC1)CCC3. The molecule has 2 fully saturated rings. The van der Waals surface area contributed by atoms with Gasteiger partial charge in [0.25, 0.3) is 0 Å². The van der Waals surface area contributed by atoms with Gasteiger partial charge in [-0.05, 0) is 87.7 Å². The third-order valence-corrected chi connectivity index (χ3v) is 6.78. The summed E-state index contributed by atoms with van der Waals surface area (Å²) in [7, 11) is 0. The molecule has 150 valence electrons. The average Bonchev–Trinajstić information content (AvgIpc) is 3.47. The van der Waals surface area contributed by atoms with Crippen molar-refractivity contribution in [3.8, 4) is 5.75 Å². The number of fused-ring (bicyclic) bond motifs is 3. The number of aromatic nitrogens is 1. The Bertz CT molecular complexity index is 852. The molecule has 0 bridgehead atoms. The molecule has 0 saturated carbocycles. The maximum Gasteiger partial charge on any atom is 0.124 e. The van der Waals surface area contributed by atoms with Gasteiger partial charge in [0.1, 0.15) is 5.75 Å². The van der Waals surface area contributed by atoms with Crippen molar-refractivity contribution in [2.24, 2.45) is 0 Å². The molecule has 1 unspecified atom stereocenters. The predicted octanol–water partition coefficient (Wildman–Crippen LogP) is 4.40. The highest BCUT2D eigenvalue weighted by atomic mass is 16.5. The molecule has 3 heterocycles. The zero-order valence-electron chi connectivity index (χ0n) is 17.1. The lowest BCUT2D eigenvalue weighted by Gasteiger charge is -2.18. The largest absolute Gasteiger partial charge is 0.493 e. The topological polar surface area (TPSA) is 34.6 Å². The Labute approximate surface area is 168 Å². The van der Waals surface area contributed by atoms with E-state index in [1.807, 2.05) is 0 Å². The fourth-order valence-corrected chi connectivity index (χ4v) is 5.25. The molecular weight excluding hydrogens is 348 g/mol. The van der Waals surface area contributed by atoms with Crippen LogP contribution >= 0.6 is 0 Å². The number of pyridine rings is 1. The van der Waals surface area contributed by atoms with Crippen LogP contribution in [0.15, 0.2) is 12.1 Å². The van der Waals surface area contributed by atoms with E-state index in [2.05, 4.69) is 24.0 Å². The first-order chi connectivity index (χ1) is 13.8. The molecule has 1 aromatic carbocycles. The molecule has 5 rings (SSSR count). The molecule has 0 radical (unpaired) electrons. The monoisotopic (exact) mass is 380 g/mol. The third-order valence-electron chi connectivity index (χ3n) is 6.78. The summed E-state index contributed by atoms with van der Waals surface area (Å²) in [5, 5.41) is 1.34. The third kappa shape index (κ3) is 3.53. The van der Waals surface area contributed by atoms with E-state index < -0.39 is 0 Å². The van der Waals surface area contributed by atoms with Gasteiger partial charge in [-0.15, -0.1) is 0 Å². The molecule has 1 aromatic heterocycles. The fraction of sp³-hybridized carbons (Fsp3) is 0.625. The molecule has 4 nitrogen and oxygen atoms in total. The van der Waals surface area contributed by atoms with Gasteiger partial charge in [-0.3, -0.25) is 4.98 Å². The van der Waals surface area contributed by atoms with Crippen LogP contribution in [-0.2, 0) is 17.6 Å². The highest BCUT2D eigenvalue weighted by Crippen LogP contribution is 2.38. The van der Waals surface area contributed by atoms with E-state index in [1.165, 1.54) is 73.0 Å². The van der Waals surface area contributed by atoms with Crippen molar-refractivity contribution >= 4 is 10.9 Å². The molecule has 0 amide bonds. The van der Waals surface area contributed by atoms with Gasteiger partial charge < -0.3 is 14.4 Å². The first kappa shape index (κ1) is 18.4. The first-order valence-electron chi connectivity index (χ1n) is 11.2. The number of aryl methyl sites for hydroxylation is 2. The minimum Gasteiger partial charge on any atom is -0.493 e. The first-order valence-corrected chi connectivity index (χ1v) is 11.2. The summed E-state index contributed by atoms with van der Waals surface area (Å²) in [6, 6.07) is 4.51. The normalized spacial score (nSPS) is 22.2. The Morgan fingerprint density at radius 2 is 2.00 bits per heavy atom. The molecule has 2 aromatic rings. The van der Waals surface area contributed by atoms with Crippen LogP contribution in [0, 0.1) is 6.92 Å². The van der Waals surface area contributed by atoms with E-state index in [1.54, 1.807) is 0 Å². The van der Waals surface area contributed by atoms with Crippen LogP contribution in [0.25, 0.3) is 10.9 Å². The number of ether oxygens (including phenoxy) is 2. The van der Waals surface area contributed by atoms with E-state index in [0.717, 1.165) is 50.5 Å². The Balaban J connectivity index is 1.38. The standard InChI is InChI=1S/C24H32N2O2/c1-17-14-21-19-6-4-7-20(19)24(18-8-13-27-16-18)25-22(21)15-23(17)28-12-5-11-26-9-2-3-10-26/h14-15,18H,2-13,16H2,1H3. The molecular formula is C24H32N2O2. The van der Waals surface area contributed by atoms with Gasteiger partial charge in [0.05, 0.1) is 24.4 Å². The Morgan fingerprint density at radius 1 is 1.14 bits per heavy atom. The average molecular weight is 381 g/mol. The van der Waals surface area contributed by atoms with Crippen LogP contribution in [0.1, 0.15) is 60.4 Å². The van der Waals surface area contributed by atoms with Crippen LogP contribution in [0.4, 0.5) is 0 Å². The van der Waals surface area contributed by atoms with Crippen molar-refractivity contribution in [3.63, 3.8) is 0 Å². The molecule has 1 atom stereocenters. The lowest BCUT2D eigenvalue weighted by Crippen LogP contribution is -2.22. The van der Waals surface area contributed by atoms with Crippen molar-refractivity contribution in [2.45, 2.75) is 57.8 Å². The summed E-state index contributed by atoms with van der Waals surface area (Å²) >= 11 is 0. The molecule has 1 aliphatic carbocycles. The Morgan fingerprint density at radius 3 is 2.82 bits per heavy atom. The summed E-state index contributed by atoms with van der Waals surface area (Å²) in [6.45, 7) is 8.35. The minimum atomic E-state index is 0.474. The lowest BCUT2D eigenvalue weighted by atomic mass is 9.94. The van der Waals surface area contributed by atoms with Crippen LogP contribution in [0.2, 0.25) is 0 Å². The second-order valence-corrected chi connectivity index (χ2v) is 8.75. The molecule has 2 aliphatic heterocycles. The zero-order valence-corrected chi connectivity index (χ0v) is 17.1. The van der Waals surface area contributed by atoms with Gasteiger partial charge in [-0.25, -0.2) is 0 Å². The minimum absolute atomic E-state index is 0.474. The van der Waals surface area contributed by atoms with Gasteiger partial charge >= 0.3 is 0 Å². The van der Waals surface area contributed by atoms with Crippen molar-refractivity contribution < 1.29 is 9.47 Å². The lowest BCUT2D eigenvalue weighted by molar-refractivity contribution is 0.193. The maximum absolute atomic E-state index is 6.20. The maximum atomic E-state index is 6.20. The van der Waals surface area contributed by atoms with Crippen LogP contribution in [0.3, 0.4) is 0 Å². The van der Waals surface area contributed by atoms with E-state index in [4.69, 9.17) is 14.5 Å². The summed E-state index contributed by atoms with van der Waals surface area (Å²) in [5.41, 5.74) is 6.71. The molecule has 3 aliphatic rings. The zero-order chi connectivity index (χ0) is 18.9. The molecule has 4 heteroatoms. The second-order valence-electron chi connectivity index (χ2n) is 8.75. The molecule has 0 spiro atoms. The molecule has 2 saturated heterocycles. The van der Waals surface area contributed by atoms with Crippen LogP contribution in [0.5, 0.6) is 5.75 Å². The van der Waals surface area contributed by atoms with Crippen molar-refractivity contribution in [3.05, 3.63) is 34.5 Å². The molecule has 0 N–H and O–H groups in total. The number of nitrogens with zero attached hydrogens (tertiary/aromatic N) is 2. The van der Waals surface area contributed by atoms with Gasteiger partial charge in [0.2, 0.25) is 0 Å². The summed E-state index contributed by atoms with van der Waals surface area (Å²) in [4.78, 5) is 7.71. The Hall–Kier alpha value is -1.65. The van der Waals surface area contributed by atoms with Gasteiger partial charge in [0, 0.05) is 30.5 Å². The Kier molecular flexibility index (Phi) is 5.25. The van der Waals surface area contributed by atoms with E-state index in [-0.39, 0.29) is 0 Å². The number of hydrogen-bond acceptors (Lipinski definition) is 4. The van der Waals surface area contributed by atoms with Gasteiger partial charge in [-0.1, -0.05) is 0 Å². The van der Waals surface area contributed by atoms with E-state index in [9.17, 15) is 0 Å². The van der Waals surface area contributed by atoms with Gasteiger partial charge in [-0.2, -0.15) is 0 Å². The second kappa shape index (κ2) is 8.00. The number of benzene rings is 1. The van der Waals surface area contributed by atoms with Gasteiger partial charge in [0.15, 0.2) is 0 Å². The number of rotatable bonds is 6. The van der Waals surface area contributed by atoms with Crippen LogP contribution in [-0.4, -0.2) is 49.3 Å². The fourth-order valence-electron chi connectivity index (χ4n) is 5.25. The summed E-state index contributed by atoms with van der Waals surface area (Å²) < 4.78 is 11.9. The summed E-state index contributed by atoms with van der Waals surface area (Å²) in [6.07, 6.45) is 8.53. The van der Waals surface area contributed by atoms with E-state index >= 15 is 0 Å².